The zero-order valence-corrected chi connectivity index (χ0v) is 14.3. The second kappa shape index (κ2) is 5.64. The maximum atomic E-state index is 6.30. The van der Waals surface area contributed by atoms with E-state index in [1.54, 1.807) is 0 Å². The number of aromatic nitrogens is 2. The lowest BCUT2D eigenvalue weighted by Gasteiger charge is -2.19. The summed E-state index contributed by atoms with van der Waals surface area (Å²) in [5.41, 5.74) is 3.92. The van der Waals surface area contributed by atoms with E-state index < -0.39 is 0 Å². The molecule has 4 heteroatoms. The first-order valence-corrected chi connectivity index (χ1v) is 7.40. The van der Waals surface area contributed by atoms with Crippen molar-refractivity contribution in [3.05, 3.63) is 40.8 Å². The Bertz CT molecular complexity index is 640. The first kappa shape index (κ1) is 15.8. The molecule has 3 nitrogen and oxygen atoms in total. The van der Waals surface area contributed by atoms with Crippen molar-refractivity contribution in [1.29, 1.82) is 0 Å². The second-order valence-corrected chi connectivity index (χ2v) is 6.86. The van der Waals surface area contributed by atoms with Crippen LogP contribution in [-0.2, 0) is 5.41 Å². The summed E-state index contributed by atoms with van der Waals surface area (Å²) in [5.74, 6) is 0.768. The minimum atomic E-state index is -0.129. The molecule has 1 aromatic heterocycles. The minimum absolute atomic E-state index is 0.129. The van der Waals surface area contributed by atoms with Gasteiger partial charge in [0.15, 0.2) is 0 Å². The SMILES string of the molecule is Cc1c(Cl)nc(C(C)(C)C)nc1-c1ccc(N(C)C)cc1. The molecule has 0 saturated heterocycles. The number of nitrogens with zero attached hydrogens (tertiary/aromatic N) is 3. The molecule has 2 rings (SSSR count). The Labute approximate surface area is 132 Å². The monoisotopic (exact) mass is 303 g/mol. The van der Waals surface area contributed by atoms with Gasteiger partial charge in [-0.25, -0.2) is 9.97 Å². The number of anilines is 1. The highest BCUT2D eigenvalue weighted by atomic mass is 35.5. The van der Waals surface area contributed by atoms with Crippen LogP contribution >= 0.6 is 11.6 Å². The fourth-order valence-electron chi connectivity index (χ4n) is 2.02. The van der Waals surface area contributed by atoms with Crippen molar-refractivity contribution in [2.45, 2.75) is 33.1 Å². The van der Waals surface area contributed by atoms with Gasteiger partial charge in [-0.1, -0.05) is 44.5 Å². The smallest absolute Gasteiger partial charge is 0.136 e. The molecule has 0 spiro atoms. The number of halogens is 1. The van der Waals surface area contributed by atoms with Crippen LogP contribution in [0.3, 0.4) is 0 Å². The van der Waals surface area contributed by atoms with Gasteiger partial charge in [0, 0.05) is 36.3 Å². The van der Waals surface area contributed by atoms with E-state index >= 15 is 0 Å². The van der Waals surface area contributed by atoms with Crippen LogP contribution < -0.4 is 4.90 Å². The van der Waals surface area contributed by atoms with Crippen LogP contribution in [0.1, 0.15) is 32.2 Å². The van der Waals surface area contributed by atoms with E-state index in [-0.39, 0.29) is 5.41 Å². The van der Waals surface area contributed by atoms with Gasteiger partial charge >= 0.3 is 0 Å². The maximum Gasteiger partial charge on any atom is 0.136 e. The lowest BCUT2D eigenvalue weighted by molar-refractivity contribution is 0.545. The highest BCUT2D eigenvalue weighted by Crippen LogP contribution is 2.30. The van der Waals surface area contributed by atoms with Crippen molar-refractivity contribution >= 4 is 17.3 Å². The zero-order valence-electron chi connectivity index (χ0n) is 13.5. The Morgan fingerprint density at radius 2 is 1.57 bits per heavy atom. The molecule has 0 unspecified atom stereocenters. The Morgan fingerprint density at radius 3 is 2.05 bits per heavy atom. The van der Waals surface area contributed by atoms with Crippen LogP contribution in [0.15, 0.2) is 24.3 Å². The van der Waals surface area contributed by atoms with Crippen LogP contribution in [-0.4, -0.2) is 24.1 Å². The lowest BCUT2D eigenvalue weighted by Crippen LogP contribution is -2.17. The highest BCUT2D eigenvalue weighted by molar-refractivity contribution is 6.30. The number of hydrogen-bond donors (Lipinski definition) is 0. The predicted octanol–water partition coefficient (Wildman–Crippen LogP) is 4.47. The molecule has 21 heavy (non-hydrogen) atoms. The summed E-state index contributed by atoms with van der Waals surface area (Å²) in [4.78, 5) is 11.2. The Morgan fingerprint density at radius 1 is 1.00 bits per heavy atom. The molecular formula is C17H22ClN3. The average Bonchev–Trinajstić information content (AvgIpc) is 2.40. The Kier molecular flexibility index (Phi) is 4.24. The minimum Gasteiger partial charge on any atom is -0.378 e. The van der Waals surface area contributed by atoms with Crippen molar-refractivity contribution < 1.29 is 0 Å². The van der Waals surface area contributed by atoms with E-state index in [0.29, 0.717) is 5.15 Å². The van der Waals surface area contributed by atoms with Crippen LogP contribution in [0.2, 0.25) is 5.15 Å². The Balaban J connectivity index is 2.55. The molecule has 0 aliphatic carbocycles. The molecule has 0 aliphatic rings. The molecule has 0 N–H and O–H groups in total. The van der Waals surface area contributed by atoms with E-state index in [0.717, 1.165) is 28.3 Å². The third kappa shape index (κ3) is 3.35. The summed E-state index contributed by atoms with van der Waals surface area (Å²) in [6.45, 7) is 8.23. The van der Waals surface area contributed by atoms with Crippen molar-refractivity contribution in [1.82, 2.24) is 9.97 Å². The quantitative estimate of drug-likeness (QED) is 0.767. The Hall–Kier alpha value is -1.61. The van der Waals surface area contributed by atoms with Gasteiger partial charge in [-0.15, -0.1) is 0 Å². The predicted molar refractivity (Wildman–Crippen MR) is 90.2 cm³/mol. The van der Waals surface area contributed by atoms with Crippen LogP contribution in [0.25, 0.3) is 11.3 Å². The van der Waals surface area contributed by atoms with Crippen molar-refractivity contribution in [2.24, 2.45) is 0 Å². The molecule has 0 bridgehead atoms. The van der Waals surface area contributed by atoms with Crippen molar-refractivity contribution in [3.63, 3.8) is 0 Å². The molecule has 0 radical (unpaired) electrons. The summed E-state index contributed by atoms with van der Waals surface area (Å²) >= 11 is 6.30. The van der Waals surface area contributed by atoms with Crippen LogP contribution in [0.4, 0.5) is 5.69 Å². The molecule has 0 aliphatic heterocycles. The van der Waals surface area contributed by atoms with Crippen molar-refractivity contribution in [3.8, 4) is 11.3 Å². The first-order valence-electron chi connectivity index (χ1n) is 7.02. The molecule has 1 aromatic carbocycles. The molecule has 0 atom stereocenters. The highest BCUT2D eigenvalue weighted by Gasteiger charge is 2.21. The van der Waals surface area contributed by atoms with Crippen LogP contribution in [0, 0.1) is 6.92 Å². The van der Waals surface area contributed by atoms with Crippen molar-refractivity contribution in [2.75, 3.05) is 19.0 Å². The topological polar surface area (TPSA) is 29.0 Å². The summed E-state index contributed by atoms with van der Waals surface area (Å²) in [6, 6.07) is 8.32. The zero-order chi connectivity index (χ0) is 15.8. The lowest BCUT2D eigenvalue weighted by atomic mass is 9.95. The van der Waals surface area contributed by atoms with Gasteiger partial charge in [0.2, 0.25) is 0 Å². The summed E-state index contributed by atoms with van der Waals surface area (Å²) in [5, 5.41) is 0.529. The molecule has 0 amide bonds. The fraction of sp³-hybridized carbons (Fsp3) is 0.412. The second-order valence-electron chi connectivity index (χ2n) is 6.50. The van der Waals surface area contributed by atoms with Gasteiger partial charge < -0.3 is 4.90 Å². The standard InChI is InChI=1S/C17H22ClN3/c1-11-14(12-7-9-13(10-8-12)21(5)6)19-16(17(2,3)4)20-15(11)18/h7-10H,1-6H3. The van der Waals surface area contributed by atoms with Gasteiger partial charge in [0.25, 0.3) is 0 Å². The van der Waals surface area contributed by atoms with E-state index in [1.807, 2.05) is 21.0 Å². The molecule has 1 heterocycles. The number of rotatable bonds is 2. The third-order valence-corrected chi connectivity index (χ3v) is 3.78. The first-order chi connectivity index (χ1) is 9.70. The normalized spacial score (nSPS) is 11.6. The van der Waals surface area contributed by atoms with E-state index in [2.05, 4.69) is 54.9 Å². The number of hydrogen-bond acceptors (Lipinski definition) is 3. The van der Waals surface area contributed by atoms with E-state index in [9.17, 15) is 0 Å². The van der Waals surface area contributed by atoms with E-state index in [4.69, 9.17) is 16.6 Å². The van der Waals surface area contributed by atoms with E-state index in [1.165, 1.54) is 0 Å². The molecule has 2 aromatic rings. The molecule has 112 valence electrons. The summed E-state index contributed by atoms with van der Waals surface area (Å²) in [7, 11) is 4.05. The number of benzene rings is 1. The summed E-state index contributed by atoms with van der Waals surface area (Å²) < 4.78 is 0. The van der Waals surface area contributed by atoms with Gasteiger partial charge in [-0.2, -0.15) is 0 Å². The average molecular weight is 304 g/mol. The maximum absolute atomic E-state index is 6.30. The van der Waals surface area contributed by atoms with Gasteiger partial charge in [-0.05, 0) is 19.1 Å². The summed E-state index contributed by atoms with van der Waals surface area (Å²) in [6.07, 6.45) is 0. The molecule has 0 fully saturated rings. The molecule has 0 saturated carbocycles. The van der Waals surface area contributed by atoms with Gasteiger partial charge in [0.1, 0.15) is 11.0 Å². The van der Waals surface area contributed by atoms with Crippen LogP contribution in [0.5, 0.6) is 0 Å². The molecular weight excluding hydrogens is 282 g/mol. The largest absolute Gasteiger partial charge is 0.378 e. The fourth-order valence-corrected chi connectivity index (χ4v) is 2.19. The van der Waals surface area contributed by atoms with Gasteiger partial charge in [-0.3, -0.25) is 0 Å². The third-order valence-electron chi connectivity index (χ3n) is 3.41. The van der Waals surface area contributed by atoms with Gasteiger partial charge in [0.05, 0.1) is 5.69 Å².